The molecule has 24 heavy (non-hydrogen) atoms. The van der Waals surface area contributed by atoms with Gasteiger partial charge < -0.3 is 14.4 Å². The number of fused-ring (bicyclic) bond motifs is 1. The number of ether oxygens (including phenoxy) is 2. The molecule has 0 saturated carbocycles. The minimum absolute atomic E-state index is 0.611. The summed E-state index contributed by atoms with van der Waals surface area (Å²) in [5.41, 5.74) is 2.65. The van der Waals surface area contributed by atoms with E-state index in [0.29, 0.717) is 5.88 Å². The van der Waals surface area contributed by atoms with Gasteiger partial charge >= 0.3 is 0 Å². The van der Waals surface area contributed by atoms with Crippen molar-refractivity contribution in [1.29, 1.82) is 0 Å². The second-order valence-electron chi connectivity index (χ2n) is 6.17. The van der Waals surface area contributed by atoms with E-state index in [9.17, 15) is 0 Å². The summed E-state index contributed by atoms with van der Waals surface area (Å²) >= 11 is 0. The monoisotopic (exact) mass is 326 g/mol. The highest BCUT2D eigenvalue weighted by molar-refractivity contribution is 5.44. The van der Waals surface area contributed by atoms with Crippen LogP contribution in [0.5, 0.6) is 11.6 Å². The molecule has 126 valence electrons. The van der Waals surface area contributed by atoms with Crippen molar-refractivity contribution in [3.05, 3.63) is 41.6 Å². The molecule has 1 aromatic heterocycles. The summed E-state index contributed by atoms with van der Waals surface area (Å²) in [6.07, 6.45) is 2.78. The van der Waals surface area contributed by atoms with Gasteiger partial charge in [0, 0.05) is 57.0 Å². The molecular formula is C18H22N4O2. The number of para-hydroxylation sites is 1. The van der Waals surface area contributed by atoms with Crippen LogP contribution in [0.4, 0.5) is 5.95 Å². The Kier molecular flexibility index (Phi) is 4.21. The van der Waals surface area contributed by atoms with Crippen LogP contribution in [0.25, 0.3) is 0 Å². The number of hydrogen-bond donors (Lipinski definition) is 0. The number of piperazine rings is 1. The van der Waals surface area contributed by atoms with Gasteiger partial charge in [0.2, 0.25) is 11.8 Å². The molecule has 0 N–H and O–H groups in total. The molecule has 2 aromatic rings. The van der Waals surface area contributed by atoms with Crippen LogP contribution < -0.4 is 14.4 Å². The lowest BCUT2D eigenvalue weighted by Crippen LogP contribution is -2.46. The fourth-order valence-corrected chi connectivity index (χ4v) is 3.35. The lowest BCUT2D eigenvalue weighted by atomic mass is 10.1. The Hall–Kier alpha value is -2.34. The van der Waals surface area contributed by atoms with Crippen molar-refractivity contribution < 1.29 is 9.47 Å². The maximum Gasteiger partial charge on any atom is 0.228 e. The first kappa shape index (κ1) is 15.2. The molecule has 0 aliphatic carbocycles. The zero-order chi connectivity index (χ0) is 16.4. The summed E-state index contributed by atoms with van der Waals surface area (Å²) < 4.78 is 11.0. The third-order valence-corrected chi connectivity index (χ3v) is 4.67. The molecule has 6 heteroatoms. The minimum atomic E-state index is 0.611. The average molecular weight is 326 g/mol. The van der Waals surface area contributed by atoms with Crippen molar-refractivity contribution in [2.24, 2.45) is 0 Å². The van der Waals surface area contributed by atoms with Gasteiger partial charge in [-0.2, -0.15) is 4.98 Å². The molecule has 0 radical (unpaired) electrons. The van der Waals surface area contributed by atoms with Gasteiger partial charge in [-0.15, -0.1) is 0 Å². The van der Waals surface area contributed by atoms with E-state index in [1.807, 2.05) is 0 Å². The van der Waals surface area contributed by atoms with Crippen molar-refractivity contribution >= 4 is 5.95 Å². The third kappa shape index (κ3) is 3.01. The van der Waals surface area contributed by atoms with E-state index in [1.165, 1.54) is 11.1 Å². The highest BCUT2D eigenvalue weighted by Crippen LogP contribution is 2.30. The van der Waals surface area contributed by atoms with Crippen molar-refractivity contribution in [1.82, 2.24) is 14.9 Å². The highest BCUT2D eigenvalue weighted by atomic mass is 16.5. The van der Waals surface area contributed by atoms with E-state index < -0.39 is 0 Å². The Balaban J connectivity index is 1.39. The minimum Gasteiger partial charge on any atom is -0.493 e. The van der Waals surface area contributed by atoms with E-state index in [2.05, 4.69) is 38.0 Å². The third-order valence-electron chi connectivity index (χ3n) is 4.67. The van der Waals surface area contributed by atoms with E-state index in [-0.39, 0.29) is 0 Å². The Labute approximate surface area is 142 Å². The molecule has 0 spiro atoms. The summed E-state index contributed by atoms with van der Waals surface area (Å²) in [6.45, 7) is 5.57. The van der Waals surface area contributed by atoms with Crippen LogP contribution in [0.2, 0.25) is 0 Å². The average Bonchev–Trinajstić information content (AvgIpc) is 3.12. The van der Waals surface area contributed by atoms with Crippen LogP contribution in [0.1, 0.15) is 11.1 Å². The summed E-state index contributed by atoms with van der Waals surface area (Å²) in [7, 11) is 1.63. The smallest absolute Gasteiger partial charge is 0.228 e. The maximum absolute atomic E-state index is 5.82. The summed E-state index contributed by atoms with van der Waals surface area (Å²) in [5.74, 6) is 2.47. The molecule has 4 rings (SSSR count). The predicted octanol–water partition coefficient (Wildman–Crippen LogP) is 1.74. The van der Waals surface area contributed by atoms with Crippen molar-refractivity contribution in [2.75, 3.05) is 44.8 Å². The number of anilines is 1. The van der Waals surface area contributed by atoms with E-state index in [4.69, 9.17) is 9.47 Å². The molecule has 6 nitrogen and oxygen atoms in total. The molecule has 2 aliphatic heterocycles. The highest BCUT2D eigenvalue weighted by Gasteiger charge is 2.22. The Morgan fingerprint density at radius 3 is 2.88 bits per heavy atom. The van der Waals surface area contributed by atoms with Crippen LogP contribution >= 0.6 is 0 Å². The molecule has 0 atom stereocenters. The van der Waals surface area contributed by atoms with Gasteiger partial charge in [0.1, 0.15) is 5.75 Å². The Morgan fingerprint density at radius 2 is 2.04 bits per heavy atom. The van der Waals surface area contributed by atoms with Gasteiger partial charge in [0.25, 0.3) is 0 Å². The van der Waals surface area contributed by atoms with Crippen molar-refractivity contribution in [3.8, 4) is 11.6 Å². The summed E-state index contributed by atoms with van der Waals surface area (Å²) in [5, 5.41) is 0. The number of aromatic nitrogens is 2. The largest absolute Gasteiger partial charge is 0.493 e. The van der Waals surface area contributed by atoms with Gasteiger partial charge in [-0.05, 0) is 5.56 Å². The van der Waals surface area contributed by atoms with Gasteiger partial charge in [-0.1, -0.05) is 18.2 Å². The van der Waals surface area contributed by atoms with Gasteiger partial charge in [0.15, 0.2) is 0 Å². The second-order valence-corrected chi connectivity index (χ2v) is 6.17. The second kappa shape index (κ2) is 6.65. The molecule has 1 saturated heterocycles. The van der Waals surface area contributed by atoms with E-state index >= 15 is 0 Å². The molecule has 1 aromatic carbocycles. The number of nitrogens with zero attached hydrogens (tertiary/aromatic N) is 4. The molecule has 0 unspecified atom stereocenters. The zero-order valence-electron chi connectivity index (χ0n) is 13.9. The van der Waals surface area contributed by atoms with Crippen LogP contribution in [0, 0.1) is 0 Å². The first-order chi connectivity index (χ1) is 11.8. The van der Waals surface area contributed by atoms with E-state index in [0.717, 1.165) is 57.4 Å². The normalized spacial score (nSPS) is 17.5. The molecule has 1 fully saturated rings. The van der Waals surface area contributed by atoms with Gasteiger partial charge in [-0.3, -0.25) is 4.90 Å². The standard InChI is InChI=1S/C18H22N4O2/c1-23-16-5-7-19-18(20-16)22-10-8-21(9-11-22)13-15-4-2-3-14-6-12-24-17(14)15/h2-5,7H,6,8-13H2,1H3. The molecule has 0 amide bonds. The summed E-state index contributed by atoms with van der Waals surface area (Å²) in [4.78, 5) is 13.5. The Bertz CT molecular complexity index is 714. The van der Waals surface area contributed by atoms with Crippen LogP contribution in [0.15, 0.2) is 30.5 Å². The SMILES string of the molecule is COc1ccnc(N2CCN(Cc3cccc4c3OCC4)CC2)n1. The fraction of sp³-hybridized carbons (Fsp3) is 0.444. The number of hydrogen-bond acceptors (Lipinski definition) is 6. The van der Waals surface area contributed by atoms with Gasteiger partial charge in [-0.25, -0.2) is 4.98 Å². The first-order valence-corrected chi connectivity index (χ1v) is 8.41. The molecular weight excluding hydrogens is 304 g/mol. The number of methoxy groups -OCH3 is 1. The van der Waals surface area contributed by atoms with Crippen LogP contribution in [-0.4, -0.2) is 54.8 Å². The number of benzene rings is 1. The van der Waals surface area contributed by atoms with E-state index in [1.54, 1.807) is 19.4 Å². The van der Waals surface area contributed by atoms with Crippen LogP contribution in [0.3, 0.4) is 0 Å². The zero-order valence-corrected chi connectivity index (χ0v) is 13.9. The first-order valence-electron chi connectivity index (χ1n) is 8.41. The quantitative estimate of drug-likeness (QED) is 0.853. The predicted molar refractivity (Wildman–Crippen MR) is 91.7 cm³/mol. The molecule has 2 aliphatic rings. The Morgan fingerprint density at radius 1 is 1.17 bits per heavy atom. The molecule has 3 heterocycles. The number of rotatable bonds is 4. The topological polar surface area (TPSA) is 50.7 Å². The summed E-state index contributed by atoms with van der Waals surface area (Å²) in [6, 6.07) is 8.27. The lowest BCUT2D eigenvalue weighted by Gasteiger charge is -2.34. The van der Waals surface area contributed by atoms with Crippen LogP contribution in [-0.2, 0) is 13.0 Å². The van der Waals surface area contributed by atoms with Gasteiger partial charge in [0.05, 0.1) is 13.7 Å². The maximum atomic E-state index is 5.82. The molecule has 0 bridgehead atoms. The fourth-order valence-electron chi connectivity index (χ4n) is 3.35. The lowest BCUT2D eigenvalue weighted by molar-refractivity contribution is 0.244. The van der Waals surface area contributed by atoms with Crippen molar-refractivity contribution in [3.63, 3.8) is 0 Å². The van der Waals surface area contributed by atoms with Crippen molar-refractivity contribution in [2.45, 2.75) is 13.0 Å².